The molecule has 74 valence electrons. The molecule has 1 aromatic rings. The van der Waals surface area contributed by atoms with E-state index in [1.807, 2.05) is 13.8 Å². The van der Waals surface area contributed by atoms with Gasteiger partial charge in [-0.3, -0.25) is 10.1 Å². The molecule has 0 aromatic carbocycles. The summed E-state index contributed by atoms with van der Waals surface area (Å²) in [5, 5.41) is 13.0. The van der Waals surface area contributed by atoms with Crippen molar-refractivity contribution in [2.45, 2.75) is 20.4 Å². The monoisotopic (exact) mass is 193 g/mol. The lowest BCUT2D eigenvalue weighted by molar-refractivity contribution is -0.385. The van der Waals surface area contributed by atoms with Crippen molar-refractivity contribution < 1.29 is 13.7 Å². The molecular formula is C6H9F2N3O2. The lowest BCUT2D eigenvalue weighted by atomic mass is 10.6. The van der Waals surface area contributed by atoms with Gasteiger partial charge in [-0.2, -0.15) is 13.9 Å². The largest absolute Gasteiger partial charge is 0.333 e. The minimum Gasteiger partial charge on any atom is -0.258 e. The third kappa shape index (κ3) is 3.14. The molecule has 0 amide bonds. The predicted octanol–water partition coefficient (Wildman–Crippen LogP) is 2.21. The molecule has 1 heterocycles. The first-order valence-electron chi connectivity index (χ1n) is 3.58. The normalized spacial score (nSPS) is 9.31. The maximum absolute atomic E-state index is 11.7. The lowest BCUT2D eigenvalue weighted by Gasteiger charge is -1.93. The highest BCUT2D eigenvalue weighted by Gasteiger charge is 2.13. The van der Waals surface area contributed by atoms with Crippen molar-refractivity contribution >= 4 is 5.69 Å². The maximum atomic E-state index is 11.7. The van der Waals surface area contributed by atoms with E-state index in [0.29, 0.717) is 6.20 Å². The van der Waals surface area contributed by atoms with Gasteiger partial charge in [0.05, 0.1) is 4.92 Å². The molecule has 0 saturated carbocycles. The molecule has 0 atom stereocenters. The summed E-state index contributed by atoms with van der Waals surface area (Å²) in [6.45, 7) is 1.17. The third-order valence-corrected chi connectivity index (χ3v) is 0.999. The van der Waals surface area contributed by atoms with E-state index in [0.717, 1.165) is 6.20 Å². The van der Waals surface area contributed by atoms with Gasteiger partial charge in [-0.15, -0.1) is 0 Å². The Labute approximate surface area is 73.1 Å². The van der Waals surface area contributed by atoms with Crippen LogP contribution in [0.3, 0.4) is 0 Å². The van der Waals surface area contributed by atoms with E-state index < -0.39 is 17.2 Å². The first kappa shape index (κ1) is 11.5. The van der Waals surface area contributed by atoms with E-state index in [9.17, 15) is 18.9 Å². The van der Waals surface area contributed by atoms with E-state index >= 15 is 0 Å². The Morgan fingerprint density at radius 2 is 2.15 bits per heavy atom. The van der Waals surface area contributed by atoms with Gasteiger partial charge in [-0.1, -0.05) is 13.8 Å². The van der Waals surface area contributed by atoms with Gasteiger partial charge < -0.3 is 0 Å². The van der Waals surface area contributed by atoms with Gasteiger partial charge >= 0.3 is 12.2 Å². The molecule has 0 radical (unpaired) electrons. The summed E-state index contributed by atoms with van der Waals surface area (Å²) in [4.78, 5) is 9.16. The molecule has 1 aromatic heterocycles. The second-order valence-electron chi connectivity index (χ2n) is 1.71. The number of hydrogen-bond acceptors (Lipinski definition) is 3. The highest BCUT2D eigenvalue weighted by Crippen LogP contribution is 2.13. The minimum absolute atomic E-state index is 0.220. The number of hydrogen-bond donors (Lipinski definition) is 0. The van der Waals surface area contributed by atoms with Crippen molar-refractivity contribution in [2.24, 2.45) is 0 Å². The third-order valence-electron chi connectivity index (χ3n) is 0.999. The molecule has 0 aliphatic rings. The van der Waals surface area contributed by atoms with Gasteiger partial charge in [-0.25, -0.2) is 4.68 Å². The van der Waals surface area contributed by atoms with E-state index in [1.165, 1.54) is 0 Å². The highest BCUT2D eigenvalue weighted by atomic mass is 19.3. The van der Waals surface area contributed by atoms with Crippen LogP contribution in [0.1, 0.15) is 20.4 Å². The van der Waals surface area contributed by atoms with Crippen LogP contribution < -0.4 is 0 Å². The van der Waals surface area contributed by atoms with Crippen LogP contribution in [-0.2, 0) is 0 Å². The summed E-state index contributed by atoms with van der Waals surface area (Å²) in [6.07, 6.45) is 1.44. The van der Waals surface area contributed by atoms with Crippen LogP contribution in [0.4, 0.5) is 14.5 Å². The molecule has 5 nitrogen and oxygen atoms in total. The molecule has 0 aliphatic carbocycles. The Bertz CT molecular complexity index is 275. The maximum Gasteiger partial charge on any atom is 0.333 e. The molecule has 0 fully saturated rings. The molecule has 0 N–H and O–H groups in total. The van der Waals surface area contributed by atoms with Crippen molar-refractivity contribution in [3.8, 4) is 0 Å². The van der Waals surface area contributed by atoms with E-state index in [1.54, 1.807) is 0 Å². The molecule has 0 bridgehead atoms. The summed E-state index contributed by atoms with van der Waals surface area (Å²) >= 11 is 0. The molecule has 7 heteroatoms. The average Bonchev–Trinajstić information content (AvgIpc) is 2.56. The van der Waals surface area contributed by atoms with Crippen molar-refractivity contribution in [2.75, 3.05) is 0 Å². The first-order chi connectivity index (χ1) is 6.11. The number of rotatable bonds is 2. The van der Waals surface area contributed by atoms with E-state index in [-0.39, 0.29) is 4.68 Å². The minimum atomic E-state index is -2.83. The summed E-state index contributed by atoms with van der Waals surface area (Å²) in [5.41, 5.74) is -0.440. The number of aromatic nitrogens is 2. The molecule has 13 heavy (non-hydrogen) atoms. The van der Waals surface area contributed by atoms with Crippen molar-refractivity contribution in [3.05, 3.63) is 22.5 Å². The topological polar surface area (TPSA) is 61.0 Å². The van der Waals surface area contributed by atoms with Gasteiger partial charge in [0.25, 0.3) is 0 Å². The lowest BCUT2D eigenvalue weighted by Crippen LogP contribution is -1.97. The molecule has 0 saturated heterocycles. The predicted molar refractivity (Wildman–Crippen MR) is 41.5 cm³/mol. The van der Waals surface area contributed by atoms with Crippen molar-refractivity contribution in [1.29, 1.82) is 0 Å². The number of halogens is 2. The Morgan fingerprint density at radius 1 is 1.62 bits per heavy atom. The standard InChI is InChI=1S/C4H3F2N3O2.C2H6/c5-4(6)8-2-3(1-7-8)9(10)11;1-2/h1-2,4H;1-2H3. The van der Waals surface area contributed by atoms with Crippen LogP contribution in [0.15, 0.2) is 12.4 Å². The number of nitro groups is 1. The number of alkyl halides is 2. The van der Waals surface area contributed by atoms with Gasteiger partial charge in [0.1, 0.15) is 12.4 Å². The summed E-state index contributed by atoms with van der Waals surface area (Å²) in [5.74, 6) is 0. The van der Waals surface area contributed by atoms with E-state index in [2.05, 4.69) is 5.10 Å². The molecule has 0 unspecified atom stereocenters. The fraction of sp³-hybridized carbons (Fsp3) is 0.500. The molecule has 1 rings (SSSR count). The van der Waals surface area contributed by atoms with Crippen LogP contribution in [0.2, 0.25) is 0 Å². The van der Waals surface area contributed by atoms with Gasteiger partial charge in [-0.05, 0) is 0 Å². The van der Waals surface area contributed by atoms with Gasteiger partial charge in [0.2, 0.25) is 0 Å². The van der Waals surface area contributed by atoms with E-state index in [4.69, 9.17) is 0 Å². The molecule has 0 spiro atoms. The van der Waals surface area contributed by atoms with Crippen LogP contribution in [0.25, 0.3) is 0 Å². The zero-order chi connectivity index (χ0) is 10.4. The van der Waals surface area contributed by atoms with Crippen LogP contribution in [0.5, 0.6) is 0 Å². The second kappa shape index (κ2) is 5.18. The second-order valence-corrected chi connectivity index (χ2v) is 1.71. The van der Waals surface area contributed by atoms with Crippen LogP contribution in [0, 0.1) is 10.1 Å². The fourth-order valence-corrected chi connectivity index (χ4v) is 0.529. The summed E-state index contributed by atoms with van der Waals surface area (Å²) in [6, 6.07) is 0. The Hall–Kier alpha value is -1.53. The SMILES string of the molecule is CC.O=[N+]([O-])c1cnn(C(F)F)c1. The van der Waals surface area contributed by atoms with Crippen molar-refractivity contribution in [3.63, 3.8) is 0 Å². The smallest absolute Gasteiger partial charge is 0.258 e. The first-order valence-corrected chi connectivity index (χ1v) is 3.58. The Kier molecular flexibility index (Phi) is 4.57. The quantitative estimate of drug-likeness (QED) is 0.534. The zero-order valence-corrected chi connectivity index (χ0v) is 7.15. The van der Waals surface area contributed by atoms with Crippen LogP contribution in [-0.4, -0.2) is 14.7 Å². The Balaban J connectivity index is 0.000000671. The molecular weight excluding hydrogens is 184 g/mol. The fourth-order valence-electron chi connectivity index (χ4n) is 0.529. The average molecular weight is 193 g/mol. The van der Waals surface area contributed by atoms with Crippen molar-refractivity contribution in [1.82, 2.24) is 9.78 Å². The van der Waals surface area contributed by atoms with Crippen LogP contribution >= 0.6 is 0 Å². The summed E-state index contributed by atoms with van der Waals surface area (Å²) < 4.78 is 23.7. The highest BCUT2D eigenvalue weighted by molar-refractivity contribution is 5.20. The summed E-state index contributed by atoms with van der Waals surface area (Å²) in [7, 11) is 0. The van der Waals surface area contributed by atoms with Gasteiger partial charge in [0.15, 0.2) is 0 Å². The van der Waals surface area contributed by atoms with Gasteiger partial charge in [0, 0.05) is 0 Å². The molecule has 0 aliphatic heterocycles. The zero-order valence-electron chi connectivity index (χ0n) is 7.15. The Morgan fingerprint density at radius 3 is 2.38 bits per heavy atom. The number of nitrogens with zero attached hydrogens (tertiary/aromatic N) is 3.